The van der Waals surface area contributed by atoms with Crippen molar-refractivity contribution in [1.29, 1.82) is 0 Å². The van der Waals surface area contributed by atoms with Gasteiger partial charge in [-0.2, -0.15) is 0 Å². The van der Waals surface area contributed by atoms with Crippen LogP contribution in [-0.4, -0.2) is 49.7 Å². The van der Waals surface area contributed by atoms with Crippen LogP contribution in [0, 0.1) is 0 Å². The summed E-state index contributed by atoms with van der Waals surface area (Å²) >= 11 is 1.60. The number of amides is 1. The molecule has 0 aliphatic heterocycles. The van der Waals surface area contributed by atoms with Gasteiger partial charge in [-0.3, -0.25) is 4.79 Å². The van der Waals surface area contributed by atoms with E-state index in [4.69, 9.17) is 4.74 Å². The number of likely N-dealkylation sites (N-methyl/N-ethyl adjacent to an activating group) is 1. The summed E-state index contributed by atoms with van der Waals surface area (Å²) in [4.78, 5) is 18.9. The van der Waals surface area contributed by atoms with Crippen LogP contribution in [0.15, 0.2) is 54.9 Å². The number of ether oxygens (including phenoxy) is 1. The fraction of sp³-hybridized carbons (Fsp3) is 0.211. The lowest BCUT2D eigenvalue weighted by Gasteiger charge is -2.23. The standard InChI is InChI=1S/C19H18N6O2S/c1-13(19-21-16-8-3-4-9-17(16)28-19)24(2)18(26)11-27-15-7-5-6-14(10-15)25-12-20-22-23-25/h3-10,12-13H,11H2,1-2H3/t13-/m0/s1. The number of hydrogen-bond acceptors (Lipinski definition) is 7. The van der Waals surface area contributed by atoms with Crippen molar-refractivity contribution in [1.82, 2.24) is 30.1 Å². The highest BCUT2D eigenvalue weighted by molar-refractivity contribution is 7.18. The highest BCUT2D eigenvalue weighted by Crippen LogP contribution is 2.28. The molecule has 0 spiro atoms. The first-order valence-electron chi connectivity index (χ1n) is 8.69. The van der Waals surface area contributed by atoms with Crippen LogP contribution in [0.4, 0.5) is 0 Å². The highest BCUT2D eigenvalue weighted by atomic mass is 32.1. The third-order valence-electron chi connectivity index (χ3n) is 4.44. The van der Waals surface area contributed by atoms with E-state index in [2.05, 4.69) is 20.5 Å². The van der Waals surface area contributed by atoms with E-state index in [9.17, 15) is 4.79 Å². The molecule has 2 aromatic carbocycles. The van der Waals surface area contributed by atoms with Crippen LogP contribution in [0.25, 0.3) is 15.9 Å². The molecule has 0 N–H and O–H groups in total. The van der Waals surface area contributed by atoms with Gasteiger partial charge in [0.2, 0.25) is 0 Å². The van der Waals surface area contributed by atoms with Crippen molar-refractivity contribution in [3.05, 3.63) is 59.9 Å². The number of carbonyl (C=O) groups is 1. The summed E-state index contributed by atoms with van der Waals surface area (Å²) in [7, 11) is 1.76. The molecule has 0 saturated carbocycles. The maximum absolute atomic E-state index is 12.6. The molecular weight excluding hydrogens is 376 g/mol. The van der Waals surface area contributed by atoms with E-state index in [0.717, 1.165) is 20.9 Å². The summed E-state index contributed by atoms with van der Waals surface area (Å²) in [5.41, 5.74) is 1.71. The molecule has 1 amide bonds. The lowest BCUT2D eigenvalue weighted by atomic mass is 10.3. The van der Waals surface area contributed by atoms with Gasteiger partial charge in [-0.25, -0.2) is 9.67 Å². The zero-order chi connectivity index (χ0) is 19.5. The molecule has 0 fully saturated rings. The Balaban J connectivity index is 1.41. The molecule has 1 atom stereocenters. The van der Waals surface area contributed by atoms with E-state index >= 15 is 0 Å². The minimum absolute atomic E-state index is 0.0647. The first-order chi connectivity index (χ1) is 13.6. The van der Waals surface area contributed by atoms with Crippen molar-refractivity contribution in [3.63, 3.8) is 0 Å². The van der Waals surface area contributed by atoms with E-state index in [0.29, 0.717) is 5.75 Å². The molecule has 0 saturated heterocycles. The molecule has 0 radical (unpaired) electrons. The largest absolute Gasteiger partial charge is 0.484 e. The fourth-order valence-corrected chi connectivity index (χ4v) is 3.76. The number of fused-ring (bicyclic) bond motifs is 1. The van der Waals surface area contributed by atoms with Gasteiger partial charge < -0.3 is 9.64 Å². The number of carbonyl (C=O) groups excluding carboxylic acids is 1. The van der Waals surface area contributed by atoms with E-state index in [1.165, 1.54) is 11.0 Å². The number of benzene rings is 2. The first kappa shape index (κ1) is 18.1. The molecule has 4 aromatic rings. The third-order valence-corrected chi connectivity index (χ3v) is 5.64. The quantitative estimate of drug-likeness (QED) is 0.500. The lowest BCUT2D eigenvalue weighted by molar-refractivity contribution is -0.134. The summed E-state index contributed by atoms with van der Waals surface area (Å²) in [6.07, 6.45) is 1.50. The van der Waals surface area contributed by atoms with Crippen LogP contribution < -0.4 is 4.74 Å². The Bertz CT molecular complexity index is 1060. The second kappa shape index (κ2) is 7.73. The molecule has 8 nitrogen and oxygen atoms in total. The van der Waals surface area contributed by atoms with Crippen LogP contribution in [0.1, 0.15) is 18.0 Å². The number of para-hydroxylation sites is 1. The van der Waals surface area contributed by atoms with Gasteiger partial charge in [0.1, 0.15) is 17.1 Å². The molecule has 28 heavy (non-hydrogen) atoms. The zero-order valence-electron chi connectivity index (χ0n) is 15.4. The number of thiazole rings is 1. The molecule has 0 aliphatic carbocycles. The Kier molecular flexibility index (Phi) is 4.98. The monoisotopic (exact) mass is 394 g/mol. The van der Waals surface area contributed by atoms with Gasteiger partial charge in [-0.15, -0.1) is 16.4 Å². The maximum atomic E-state index is 12.6. The van der Waals surface area contributed by atoms with Gasteiger partial charge in [0.25, 0.3) is 5.91 Å². The van der Waals surface area contributed by atoms with Gasteiger partial charge in [-0.05, 0) is 41.6 Å². The van der Waals surface area contributed by atoms with Crippen molar-refractivity contribution in [3.8, 4) is 11.4 Å². The SMILES string of the molecule is C[C@@H](c1nc2ccccc2s1)N(C)C(=O)COc1cccc(-n2cnnn2)c1. The third kappa shape index (κ3) is 3.70. The number of hydrogen-bond donors (Lipinski definition) is 0. The molecule has 0 bridgehead atoms. The molecule has 0 unspecified atom stereocenters. The topological polar surface area (TPSA) is 86.0 Å². The smallest absolute Gasteiger partial charge is 0.260 e. The van der Waals surface area contributed by atoms with E-state index < -0.39 is 0 Å². The van der Waals surface area contributed by atoms with Crippen LogP contribution in [0.2, 0.25) is 0 Å². The fourth-order valence-electron chi connectivity index (χ4n) is 2.69. The lowest BCUT2D eigenvalue weighted by Crippen LogP contribution is -2.33. The van der Waals surface area contributed by atoms with Gasteiger partial charge in [0.05, 0.1) is 21.9 Å². The average molecular weight is 394 g/mol. The summed E-state index contributed by atoms with van der Waals surface area (Å²) in [6.45, 7) is 1.90. The summed E-state index contributed by atoms with van der Waals surface area (Å²) in [5.74, 6) is 0.446. The predicted octanol–water partition coefficient (Wildman–Crippen LogP) is 2.87. The van der Waals surface area contributed by atoms with E-state index in [-0.39, 0.29) is 18.6 Å². The van der Waals surface area contributed by atoms with Crippen molar-refractivity contribution in [2.45, 2.75) is 13.0 Å². The minimum Gasteiger partial charge on any atom is -0.484 e. The van der Waals surface area contributed by atoms with Gasteiger partial charge in [0, 0.05) is 13.1 Å². The number of nitrogens with zero attached hydrogens (tertiary/aromatic N) is 6. The number of rotatable bonds is 6. The average Bonchev–Trinajstić information content (AvgIpc) is 3.41. The highest BCUT2D eigenvalue weighted by Gasteiger charge is 2.21. The first-order valence-corrected chi connectivity index (χ1v) is 9.51. The molecule has 2 aromatic heterocycles. The summed E-state index contributed by atoms with van der Waals surface area (Å²) in [5, 5.41) is 12.0. The van der Waals surface area contributed by atoms with E-state index in [1.54, 1.807) is 35.4 Å². The van der Waals surface area contributed by atoms with Crippen LogP contribution in [0.5, 0.6) is 5.75 Å². The van der Waals surface area contributed by atoms with E-state index in [1.807, 2.05) is 43.3 Å². The Hall–Kier alpha value is -3.33. The molecule has 4 rings (SSSR count). The molecule has 2 heterocycles. The minimum atomic E-state index is -0.138. The van der Waals surface area contributed by atoms with Crippen molar-refractivity contribution >= 4 is 27.5 Å². The van der Waals surface area contributed by atoms with Gasteiger partial charge in [0.15, 0.2) is 6.61 Å². The van der Waals surface area contributed by atoms with Crippen molar-refractivity contribution in [2.75, 3.05) is 13.7 Å². The summed E-state index contributed by atoms with van der Waals surface area (Å²) < 4.78 is 8.32. The zero-order valence-corrected chi connectivity index (χ0v) is 16.2. The van der Waals surface area contributed by atoms with Crippen LogP contribution in [0.3, 0.4) is 0 Å². The summed E-state index contributed by atoms with van der Waals surface area (Å²) in [6, 6.07) is 15.1. The molecule has 0 aliphatic rings. The number of tetrazole rings is 1. The van der Waals surface area contributed by atoms with Crippen molar-refractivity contribution < 1.29 is 9.53 Å². The second-order valence-corrected chi connectivity index (χ2v) is 7.30. The Morgan fingerprint density at radius 1 is 1.25 bits per heavy atom. The normalized spacial score (nSPS) is 12.1. The Labute approximate surface area is 165 Å². The van der Waals surface area contributed by atoms with Crippen LogP contribution >= 0.6 is 11.3 Å². The number of aromatic nitrogens is 5. The Morgan fingerprint density at radius 3 is 2.89 bits per heavy atom. The Morgan fingerprint density at radius 2 is 2.11 bits per heavy atom. The second-order valence-electron chi connectivity index (χ2n) is 6.24. The molecular formula is C19H18N6O2S. The van der Waals surface area contributed by atoms with Crippen molar-refractivity contribution in [2.24, 2.45) is 0 Å². The molecule has 142 valence electrons. The van der Waals surface area contributed by atoms with Crippen LogP contribution in [-0.2, 0) is 4.79 Å². The van der Waals surface area contributed by atoms with Gasteiger partial charge in [-0.1, -0.05) is 18.2 Å². The maximum Gasteiger partial charge on any atom is 0.260 e. The molecule has 9 heteroatoms. The predicted molar refractivity (Wildman–Crippen MR) is 105 cm³/mol. The van der Waals surface area contributed by atoms with Gasteiger partial charge >= 0.3 is 0 Å².